The average Bonchev–Trinajstić information content (AvgIpc) is 3.03. The standard InChI is InChI=1S/C14H18N2O3/c17-12-3-1-10(2-4-12)8-16-13(9-19-14(16)18)11-5-6-15-7-11/h1-4,11,13,15,17H,5-9H2. The first-order valence-corrected chi connectivity index (χ1v) is 6.66. The highest BCUT2D eigenvalue weighted by Crippen LogP contribution is 2.26. The van der Waals surface area contributed by atoms with Gasteiger partial charge in [-0.25, -0.2) is 4.79 Å². The van der Waals surface area contributed by atoms with Crippen LogP contribution in [0.4, 0.5) is 4.79 Å². The second-order valence-electron chi connectivity index (χ2n) is 5.19. The number of ether oxygens (including phenoxy) is 1. The summed E-state index contributed by atoms with van der Waals surface area (Å²) in [5, 5.41) is 12.6. The van der Waals surface area contributed by atoms with Gasteiger partial charge in [-0.3, -0.25) is 4.90 Å². The molecule has 2 atom stereocenters. The zero-order valence-corrected chi connectivity index (χ0v) is 10.7. The number of cyclic esters (lactones) is 1. The molecule has 19 heavy (non-hydrogen) atoms. The van der Waals surface area contributed by atoms with Crippen LogP contribution in [-0.2, 0) is 11.3 Å². The van der Waals surface area contributed by atoms with Crippen LogP contribution < -0.4 is 5.32 Å². The molecule has 1 aromatic carbocycles. The van der Waals surface area contributed by atoms with E-state index in [1.54, 1.807) is 12.1 Å². The molecule has 2 unspecified atom stereocenters. The van der Waals surface area contributed by atoms with Gasteiger partial charge in [0.1, 0.15) is 12.4 Å². The number of carbonyl (C=O) groups excluding carboxylic acids is 1. The quantitative estimate of drug-likeness (QED) is 0.862. The Morgan fingerprint density at radius 3 is 2.84 bits per heavy atom. The molecular weight excluding hydrogens is 244 g/mol. The van der Waals surface area contributed by atoms with Crippen LogP contribution in [-0.4, -0.2) is 41.8 Å². The summed E-state index contributed by atoms with van der Waals surface area (Å²) >= 11 is 0. The lowest BCUT2D eigenvalue weighted by atomic mass is 9.98. The van der Waals surface area contributed by atoms with Crippen molar-refractivity contribution in [3.8, 4) is 5.75 Å². The zero-order chi connectivity index (χ0) is 13.2. The number of nitrogens with zero attached hydrogens (tertiary/aromatic N) is 1. The van der Waals surface area contributed by atoms with Crippen molar-refractivity contribution in [2.45, 2.75) is 19.0 Å². The third-order valence-corrected chi connectivity index (χ3v) is 3.94. The molecule has 1 aromatic rings. The second kappa shape index (κ2) is 5.09. The van der Waals surface area contributed by atoms with Crippen LogP contribution in [0.15, 0.2) is 24.3 Å². The molecule has 1 amide bonds. The first-order valence-electron chi connectivity index (χ1n) is 6.66. The fraction of sp³-hybridized carbons (Fsp3) is 0.500. The number of hydrogen-bond donors (Lipinski definition) is 2. The van der Waals surface area contributed by atoms with Gasteiger partial charge >= 0.3 is 6.09 Å². The average molecular weight is 262 g/mol. The third kappa shape index (κ3) is 2.51. The van der Waals surface area contributed by atoms with E-state index in [4.69, 9.17) is 4.74 Å². The number of benzene rings is 1. The van der Waals surface area contributed by atoms with E-state index in [0.29, 0.717) is 19.1 Å². The van der Waals surface area contributed by atoms with Gasteiger partial charge < -0.3 is 15.2 Å². The molecule has 0 saturated carbocycles. The van der Waals surface area contributed by atoms with Gasteiger partial charge in [-0.15, -0.1) is 0 Å². The van der Waals surface area contributed by atoms with Gasteiger partial charge in [0.2, 0.25) is 0 Å². The van der Waals surface area contributed by atoms with Gasteiger partial charge in [-0.2, -0.15) is 0 Å². The Bertz CT molecular complexity index is 454. The van der Waals surface area contributed by atoms with Crippen LogP contribution in [0.5, 0.6) is 5.75 Å². The van der Waals surface area contributed by atoms with Gasteiger partial charge in [0.05, 0.1) is 6.04 Å². The molecule has 2 aliphatic heterocycles. The largest absolute Gasteiger partial charge is 0.508 e. The van der Waals surface area contributed by atoms with E-state index < -0.39 is 0 Å². The molecule has 5 nitrogen and oxygen atoms in total. The predicted octanol–water partition coefficient (Wildman–Crippen LogP) is 1.32. The Balaban J connectivity index is 1.72. The third-order valence-electron chi connectivity index (χ3n) is 3.94. The predicted molar refractivity (Wildman–Crippen MR) is 69.8 cm³/mol. The molecule has 102 valence electrons. The van der Waals surface area contributed by atoms with Crippen LogP contribution in [0.1, 0.15) is 12.0 Å². The van der Waals surface area contributed by atoms with Crippen LogP contribution in [0.25, 0.3) is 0 Å². The van der Waals surface area contributed by atoms with Gasteiger partial charge in [0.15, 0.2) is 0 Å². The monoisotopic (exact) mass is 262 g/mol. The van der Waals surface area contributed by atoms with Crippen LogP contribution in [0, 0.1) is 5.92 Å². The van der Waals surface area contributed by atoms with E-state index in [1.165, 1.54) is 0 Å². The molecule has 0 radical (unpaired) electrons. The molecule has 2 saturated heterocycles. The number of phenols is 1. The molecule has 0 aliphatic carbocycles. The van der Waals surface area contributed by atoms with Crippen molar-refractivity contribution in [2.75, 3.05) is 19.7 Å². The fourth-order valence-corrected chi connectivity index (χ4v) is 2.84. The summed E-state index contributed by atoms with van der Waals surface area (Å²) < 4.78 is 5.20. The van der Waals surface area contributed by atoms with E-state index in [0.717, 1.165) is 25.1 Å². The van der Waals surface area contributed by atoms with E-state index in [2.05, 4.69) is 5.32 Å². The zero-order valence-electron chi connectivity index (χ0n) is 10.7. The smallest absolute Gasteiger partial charge is 0.410 e. The number of rotatable bonds is 3. The molecule has 2 N–H and O–H groups in total. The van der Waals surface area contributed by atoms with Crippen molar-refractivity contribution in [1.82, 2.24) is 10.2 Å². The van der Waals surface area contributed by atoms with Gasteiger partial charge in [0.25, 0.3) is 0 Å². The lowest BCUT2D eigenvalue weighted by Gasteiger charge is -2.25. The van der Waals surface area contributed by atoms with Crippen molar-refractivity contribution in [2.24, 2.45) is 5.92 Å². The molecular formula is C14H18N2O3. The molecule has 3 rings (SSSR count). The maximum absolute atomic E-state index is 11.8. The summed E-state index contributed by atoms with van der Waals surface area (Å²) in [6, 6.07) is 7.12. The van der Waals surface area contributed by atoms with Gasteiger partial charge in [-0.1, -0.05) is 12.1 Å². The number of aromatic hydroxyl groups is 1. The normalized spacial score (nSPS) is 26.7. The summed E-state index contributed by atoms with van der Waals surface area (Å²) in [5.74, 6) is 0.716. The van der Waals surface area contributed by atoms with Crippen molar-refractivity contribution < 1.29 is 14.6 Å². The number of amides is 1. The number of carbonyl (C=O) groups is 1. The van der Waals surface area contributed by atoms with E-state index in [-0.39, 0.29) is 17.9 Å². The van der Waals surface area contributed by atoms with Crippen molar-refractivity contribution in [3.05, 3.63) is 29.8 Å². The Kier molecular flexibility index (Phi) is 3.29. The lowest BCUT2D eigenvalue weighted by Crippen LogP contribution is -2.39. The Labute approximate surface area is 112 Å². The SMILES string of the molecule is O=C1OCC(C2CCNC2)N1Cc1ccc(O)cc1. The van der Waals surface area contributed by atoms with E-state index in [9.17, 15) is 9.90 Å². The summed E-state index contributed by atoms with van der Waals surface area (Å²) in [5.41, 5.74) is 1.01. The van der Waals surface area contributed by atoms with Crippen molar-refractivity contribution in [3.63, 3.8) is 0 Å². The van der Waals surface area contributed by atoms with Crippen LogP contribution in [0.3, 0.4) is 0 Å². The minimum atomic E-state index is -0.232. The summed E-state index contributed by atoms with van der Waals surface area (Å²) in [6.45, 7) is 3.00. The number of hydrogen-bond acceptors (Lipinski definition) is 4. The topological polar surface area (TPSA) is 61.8 Å². The lowest BCUT2D eigenvalue weighted by molar-refractivity contribution is 0.154. The highest BCUT2D eigenvalue weighted by Gasteiger charge is 2.39. The van der Waals surface area contributed by atoms with Gasteiger partial charge in [0, 0.05) is 13.1 Å². The Morgan fingerprint density at radius 1 is 1.37 bits per heavy atom. The molecule has 0 bridgehead atoms. The molecule has 2 heterocycles. The first-order chi connectivity index (χ1) is 9.24. The molecule has 0 aromatic heterocycles. The van der Waals surface area contributed by atoms with E-state index >= 15 is 0 Å². The first kappa shape index (κ1) is 12.3. The van der Waals surface area contributed by atoms with E-state index in [1.807, 2.05) is 17.0 Å². The Hall–Kier alpha value is -1.75. The summed E-state index contributed by atoms with van der Waals surface area (Å²) in [6.07, 6.45) is 0.859. The molecule has 2 aliphatic rings. The van der Waals surface area contributed by atoms with Crippen molar-refractivity contribution in [1.29, 1.82) is 0 Å². The number of nitrogens with one attached hydrogen (secondary N) is 1. The molecule has 5 heteroatoms. The fourth-order valence-electron chi connectivity index (χ4n) is 2.84. The van der Waals surface area contributed by atoms with Gasteiger partial charge in [-0.05, 0) is 36.6 Å². The summed E-state index contributed by atoms with van der Waals surface area (Å²) in [7, 11) is 0. The van der Waals surface area contributed by atoms with Crippen molar-refractivity contribution >= 4 is 6.09 Å². The molecule has 2 fully saturated rings. The number of phenolic OH excluding ortho intramolecular Hbond substituents is 1. The Morgan fingerprint density at radius 2 is 2.16 bits per heavy atom. The minimum Gasteiger partial charge on any atom is -0.508 e. The van der Waals surface area contributed by atoms with Crippen LogP contribution in [0.2, 0.25) is 0 Å². The second-order valence-corrected chi connectivity index (χ2v) is 5.19. The maximum atomic E-state index is 11.8. The summed E-state index contributed by atoms with van der Waals surface area (Å²) in [4.78, 5) is 13.7. The van der Waals surface area contributed by atoms with Crippen LogP contribution >= 0.6 is 0 Å². The highest BCUT2D eigenvalue weighted by atomic mass is 16.6. The highest BCUT2D eigenvalue weighted by molar-refractivity contribution is 5.70. The minimum absolute atomic E-state index is 0.163. The molecule has 0 spiro atoms. The maximum Gasteiger partial charge on any atom is 0.410 e.